The molecule has 1 amide bonds. The Bertz CT molecular complexity index is 826. The molecule has 1 aromatic carbocycles. The molecule has 0 spiro atoms. The average Bonchev–Trinajstić information content (AvgIpc) is 3.26. The third kappa shape index (κ3) is 3.13. The van der Waals surface area contributed by atoms with Crippen molar-refractivity contribution in [1.29, 1.82) is 0 Å². The number of amides is 1. The number of aromatic nitrogens is 2. The van der Waals surface area contributed by atoms with Gasteiger partial charge in [-0.3, -0.25) is 9.69 Å². The predicted molar refractivity (Wildman–Crippen MR) is 102 cm³/mol. The smallest absolute Gasteiger partial charge is 0.225 e. The Kier molecular flexibility index (Phi) is 4.65. The van der Waals surface area contributed by atoms with Crippen LogP contribution in [0.1, 0.15) is 25.7 Å². The molecule has 0 bridgehead atoms. The first kappa shape index (κ1) is 16.8. The van der Waals surface area contributed by atoms with Gasteiger partial charge < -0.3 is 14.0 Å². The molecule has 0 unspecified atom stereocenters. The van der Waals surface area contributed by atoms with Crippen molar-refractivity contribution in [2.24, 2.45) is 13.0 Å². The van der Waals surface area contributed by atoms with Crippen LogP contribution in [0.15, 0.2) is 24.3 Å². The molecule has 2 aliphatic rings. The molecule has 1 aromatic heterocycles. The average molecular weight is 359 g/mol. The van der Waals surface area contributed by atoms with Crippen LogP contribution in [0.4, 0.5) is 0 Å². The van der Waals surface area contributed by atoms with Crippen molar-refractivity contribution >= 4 is 29.2 Å². The lowest BCUT2D eigenvalue weighted by Crippen LogP contribution is -2.42. The summed E-state index contributed by atoms with van der Waals surface area (Å²) < 4.78 is 5.15. The van der Waals surface area contributed by atoms with E-state index in [9.17, 15) is 4.79 Å². The van der Waals surface area contributed by atoms with Gasteiger partial charge in [-0.25, -0.2) is 0 Å². The SMILES string of the molecule is Cn1c(=S)n(CN2CCC(C(=O)N3CCCC3)CC2)c2ccccc21. The van der Waals surface area contributed by atoms with Gasteiger partial charge in [-0.1, -0.05) is 12.1 Å². The highest BCUT2D eigenvalue weighted by Crippen LogP contribution is 2.24. The first-order valence-electron chi connectivity index (χ1n) is 9.30. The van der Waals surface area contributed by atoms with Crippen molar-refractivity contribution in [2.75, 3.05) is 26.2 Å². The van der Waals surface area contributed by atoms with Crippen LogP contribution in [0.5, 0.6) is 0 Å². The molecule has 2 saturated heterocycles. The highest BCUT2D eigenvalue weighted by atomic mass is 32.1. The van der Waals surface area contributed by atoms with E-state index in [0.717, 1.165) is 50.5 Å². The number of aryl methyl sites for hydroxylation is 1. The summed E-state index contributed by atoms with van der Waals surface area (Å²) in [4.78, 5) is 17.1. The standard InChI is InChI=1S/C19H26N4OS/c1-20-16-6-2-3-7-17(16)23(19(20)25)14-21-12-8-15(9-13-21)18(24)22-10-4-5-11-22/h2-3,6-7,15H,4-5,8-14H2,1H3. The molecular formula is C19H26N4OS. The van der Waals surface area contributed by atoms with E-state index in [4.69, 9.17) is 12.2 Å². The molecule has 0 radical (unpaired) electrons. The van der Waals surface area contributed by atoms with Crippen LogP contribution in [0.25, 0.3) is 11.0 Å². The lowest BCUT2D eigenvalue weighted by atomic mass is 9.95. The largest absolute Gasteiger partial charge is 0.342 e. The minimum Gasteiger partial charge on any atom is -0.342 e. The number of hydrogen-bond acceptors (Lipinski definition) is 3. The number of imidazole rings is 1. The topological polar surface area (TPSA) is 33.4 Å². The summed E-state index contributed by atoms with van der Waals surface area (Å²) in [7, 11) is 2.03. The number of likely N-dealkylation sites (tertiary alicyclic amines) is 2. The van der Waals surface area contributed by atoms with Crippen LogP contribution >= 0.6 is 12.2 Å². The van der Waals surface area contributed by atoms with Crippen LogP contribution < -0.4 is 0 Å². The molecule has 4 rings (SSSR count). The van der Waals surface area contributed by atoms with Crippen LogP contribution in [0, 0.1) is 10.7 Å². The van der Waals surface area contributed by atoms with Gasteiger partial charge >= 0.3 is 0 Å². The molecule has 0 aliphatic carbocycles. The van der Waals surface area contributed by atoms with E-state index in [2.05, 4.69) is 43.2 Å². The fourth-order valence-corrected chi connectivity index (χ4v) is 4.47. The molecule has 2 aliphatic heterocycles. The quantitative estimate of drug-likeness (QED) is 0.791. The first-order valence-corrected chi connectivity index (χ1v) is 9.71. The zero-order valence-corrected chi connectivity index (χ0v) is 15.7. The van der Waals surface area contributed by atoms with Crippen LogP contribution in [-0.4, -0.2) is 51.0 Å². The zero-order valence-electron chi connectivity index (χ0n) is 14.9. The predicted octanol–water partition coefficient (Wildman–Crippen LogP) is 3.00. The van der Waals surface area contributed by atoms with Gasteiger partial charge in [-0.05, 0) is 50.0 Å². The van der Waals surface area contributed by atoms with Gasteiger partial charge in [-0.15, -0.1) is 0 Å². The minimum atomic E-state index is 0.217. The monoisotopic (exact) mass is 358 g/mol. The fourth-order valence-electron chi connectivity index (χ4n) is 4.22. The van der Waals surface area contributed by atoms with E-state index in [1.807, 2.05) is 7.05 Å². The summed E-state index contributed by atoms with van der Waals surface area (Å²) in [6.45, 7) is 4.67. The lowest BCUT2D eigenvalue weighted by molar-refractivity contribution is -0.136. The third-order valence-electron chi connectivity index (χ3n) is 5.75. The van der Waals surface area contributed by atoms with Crippen molar-refractivity contribution in [3.05, 3.63) is 29.0 Å². The maximum atomic E-state index is 12.6. The van der Waals surface area contributed by atoms with Gasteiger partial charge in [0.2, 0.25) is 5.91 Å². The van der Waals surface area contributed by atoms with E-state index in [-0.39, 0.29) is 5.92 Å². The summed E-state index contributed by atoms with van der Waals surface area (Å²) in [5, 5.41) is 0. The summed E-state index contributed by atoms with van der Waals surface area (Å²) in [5.41, 5.74) is 2.36. The van der Waals surface area contributed by atoms with Gasteiger partial charge in [0, 0.05) is 39.1 Å². The van der Waals surface area contributed by atoms with Crippen LogP contribution in [0.3, 0.4) is 0 Å². The molecule has 0 atom stereocenters. The summed E-state index contributed by atoms with van der Waals surface area (Å²) in [6, 6.07) is 8.36. The molecule has 0 saturated carbocycles. The first-order chi connectivity index (χ1) is 12.1. The number of nitrogens with zero attached hydrogens (tertiary/aromatic N) is 4. The Morgan fingerprint density at radius 3 is 2.40 bits per heavy atom. The van der Waals surface area contributed by atoms with Crippen molar-refractivity contribution in [3.8, 4) is 0 Å². The Hall–Kier alpha value is -1.66. The second-order valence-electron chi connectivity index (χ2n) is 7.32. The van der Waals surface area contributed by atoms with E-state index < -0.39 is 0 Å². The van der Waals surface area contributed by atoms with E-state index in [1.165, 1.54) is 23.9 Å². The summed E-state index contributed by atoms with van der Waals surface area (Å²) in [6.07, 6.45) is 4.27. The maximum absolute atomic E-state index is 12.6. The van der Waals surface area contributed by atoms with Crippen molar-refractivity contribution < 1.29 is 4.79 Å². The Labute approximate surface area is 153 Å². The molecule has 6 heteroatoms. The fraction of sp³-hybridized carbons (Fsp3) is 0.579. The van der Waals surface area contributed by atoms with Crippen molar-refractivity contribution in [2.45, 2.75) is 32.4 Å². The Morgan fingerprint density at radius 2 is 1.72 bits per heavy atom. The van der Waals surface area contributed by atoms with Gasteiger partial charge in [0.1, 0.15) is 0 Å². The number of carbonyl (C=O) groups is 1. The lowest BCUT2D eigenvalue weighted by Gasteiger charge is -2.33. The minimum absolute atomic E-state index is 0.217. The van der Waals surface area contributed by atoms with Crippen LogP contribution in [0.2, 0.25) is 0 Å². The number of rotatable bonds is 3. The van der Waals surface area contributed by atoms with Crippen LogP contribution in [-0.2, 0) is 18.5 Å². The van der Waals surface area contributed by atoms with Gasteiger partial charge in [0.05, 0.1) is 17.7 Å². The molecule has 2 fully saturated rings. The normalized spacial score (nSPS) is 19.8. The molecule has 0 N–H and O–H groups in total. The molecule has 5 nitrogen and oxygen atoms in total. The van der Waals surface area contributed by atoms with Crippen molar-refractivity contribution in [3.63, 3.8) is 0 Å². The number of para-hydroxylation sites is 2. The number of fused-ring (bicyclic) bond motifs is 1. The molecule has 3 heterocycles. The second kappa shape index (κ2) is 6.92. The highest BCUT2D eigenvalue weighted by Gasteiger charge is 2.30. The van der Waals surface area contributed by atoms with Gasteiger partial charge in [0.25, 0.3) is 0 Å². The third-order valence-corrected chi connectivity index (χ3v) is 6.24. The van der Waals surface area contributed by atoms with E-state index in [1.54, 1.807) is 0 Å². The van der Waals surface area contributed by atoms with Gasteiger partial charge in [0.15, 0.2) is 4.77 Å². The highest BCUT2D eigenvalue weighted by molar-refractivity contribution is 7.71. The number of benzene rings is 1. The number of hydrogen-bond donors (Lipinski definition) is 0. The molecule has 25 heavy (non-hydrogen) atoms. The van der Waals surface area contributed by atoms with Crippen molar-refractivity contribution in [1.82, 2.24) is 18.9 Å². The molecule has 2 aromatic rings. The number of carbonyl (C=O) groups excluding carboxylic acids is 1. The second-order valence-corrected chi connectivity index (χ2v) is 7.69. The summed E-state index contributed by atoms with van der Waals surface area (Å²) >= 11 is 5.64. The maximum Gasteiger partial charge on any atom is 0.225 e. The van der Waals surface area contributed by atoms with E-state index >= 15 is 0 Å². The number of piperidine rings is 1. The van der Waals surface area contributed by atoms with Gasteiger partial charge in [-0.2, -0.15) is 0 Å². The zero-order chi connectivity index (χ0) is 17.4. The Balaban J connectivity index is 1.43. The molecular weight excluding hydrogens is 332 g/mol. The molecule has 134 valence electrons. The Morgan fingerprint density at radius 1 is 1.08 bits per heavy atom. The van der Waals surface area contributed by atoms with E-state index in [0.29, 0.717) is 5.91 Å². The summed E-state index contributed by atoms with van der Waals surface area (Å²) in [5.74, 6) is 0.605.